The van der Waals surface area contributed by atoms with Crippen molar-refractivity contribution < 1.29 is 14.6 Å². The standard InChI is InChI=1S/C11H20N2O3/c1-11(2,3)16-10(15)13-6-8(14)9-7(13)4-5-12-9/h7-9,12,14H,4-6H2,1-3H3/t7?,8-,9-/m0/s1. The highest BCUT2D eigenvalue weighted by Crippen LogP contribution is 2.27. The van der Waals surface area contributed by atoms with Crippen LogP contribution < -0.4 is 5.32 Å². The van der Waals surface area contributed by atoms with E-state index in [1.165, 1.54) is 0 Å². The fourth-order valence-corrected chi connectivity index (χ4v) is 2.44. The highest BCUT2D eigenvalue weighted by Gasteiger charge is 2.46. The SMILES string of the molecule is CC(C)(C)OC(=O)N1C[C@H](O)[C@H]2NCCC21. The summed E-state index contributed by atoms with van der Waals surface area (Å²) in [5.41, 5.74) is -0.480. The molecule has 2 aliphatic heterocycles. The van der Waals surface area contributed by atoms with Crippen molar-refractivity contribution in [1.82, 2.24) is 10.2 Å². The third-order valence-corrected chi connectivity index (χ3v) is 3.06. The number of aliphatic hydroxyl groups excluding tert-OH is 1. The van der Waals surface area contributed by atoms with Crippen molar-refractivity contribution in [2.75, 3.05) is 13.1 Å². The number of fused-ring (bicyclic) bond motifs is 1. The number of nitrogens with one attached hydrogen (secondary N) is 1. The zero-order valence-corrected chi connectivity index (χ0v) is 10.1. The molecule has 0 aromatic rings. The van der Waals surface area contributed by atoms with Gasteiger partial charge < -0.3 is 20.1 Å². The van der Waals surface area contributed by atoms with Gasteiger partial charge in [0.2, 0.25) is 0 Å². The van der Waals surface area contributed by atoms with E-state index < -0.39 is 11.7 Å². The highest BCUT2D eigenvalue weighted by molar-refractivity contribution is 5.69. The Morgan fingerprint density at radius 2 is 2.19 bits per heavy atom. The molecule has 0 saturated carbocycles. The molecular weight excluding hydrogens is 208 g/mol. The molecule has 0 aromatic carbocycles. The molecular formula is C11H20N2O3. The molecule has 0 aromatic heterocycles. The summed E-state index contributed by atoms with van der Waals surface area (Å²) in [4.78, 5) is 13.6. The number of nitrogens with zero attached hydrogens (tertiary/aromatic N) is 1. The van der Waals surface area contributed by atoms with Crippen molar-refractivity contribution in [2.24, 2.45) is 0 Å². The smallest absolute Gasteiger partial charge is 0.410 e. The molecule has 16 heavy (non-hydrogen) atoms. The zero-order valence-electron chi connectivity index (χ0n) is 10.1. The average molecular weight is 228 g/mol. The molecule has 1 unspecified atom stereocenters. The summed E-state index contributed by atoms with van der Waals surface area (Å²) in [5, 5.41) is 13.0. The first kappa shape index (κ1) is 11.7. The predicted molar refractivity (Wildman–Crippen MR) is 59.1 cm³/mol. The predicted octanol–water partition coefficient (Wildman–Crippen LogP) is 0.328. The Morgan fingerprint density at radius 1 is 1.50 bits per heavy atom. The van der Waals surface area contributed by atoms with Crippen molar-refractivity contribution in [2.45, 2.75) is 51.0 Å². The van der Waals surface area contributed by atoms with Crippen LogP contribution in [0.25, 0.3) is 0 Å². The van der Waals surface area contributed by atoms with Crippen LogP contribution >= 0.6 is 0 Å². The first-order valence-corrected chi connectivity index (χ1v) is 5.79. The van der Waals surface area contributed by atoms with Crippen LogP contribution in [0.5, 0.6) is 0 Å². The summed E-state index contributed by atoms with van der Waals surface area (Å²) in [6.45, 7) is 6.77. The van der Waals surface area contributed by atoms with Crippen LogP contribution in [-0.2, 0) is 4.74 Å². The second-order valence-corrected chi connectivity index (χ2v) is 5.54. The van der Waals surface area contributed by atoms with Crippen LogP contribution in [0.4, 0.5) is 4.79 Å². The molecule has 0 bridgehead atoms. The van der Waals surface area contributed by atoms with E-state index >= 15 is 0 Å². The van der Waals surface area contributed by atoms with E-state index in [9.17, 15) is 9.90 Å². The van der Waals surface area contributed by atoms with Crippen molar-refractivity contribution in [3.05, 3.63) is 0 Å². The van der Waals surface area contributed by atoms with Gasteiger partial charge in [0.1, 0.15) is 5.60 Å². The first-order chi connectivity index (χ1) is 7.38. The molecule has 2 fully saturated rings. The Kier molecular flexibility index (Phi) is 2.84. The van der Waals surface area contributed by atoms with Crippen molar-refractivity contribution >= 4 is 6.09 Å². The molecule has 92 valence electrons. The van der Waals surface area contributed by atoms with Crippen LogP contribution in [0.2, 0.25) is 0 Å². The lowest BCUT2D eigenvalue weighted by Crippen LogP contribution is -2.41. The van der Waals surface area contributed by atoms with Gasteiger partial charge in [0.15, 0.2) is 0 Å². The summed E-state index contributed by atoms with van der Waals surface area (Å²) in [7, 11) is 0. The molecule has 1 amide bonds. The molecule has 0 aliphatic carbocycles. The van der Waals surface area contributed by atoms with Gasteiger partial charge in [-0.3, -0.25) is 0 Å². The summed E-state index contributed by atoms with van der Waals surface area (Å²) in [6.07, 6.45) is 0.101. The van der Waals surface area contributed by atoms with Crippen LogP contribution in [0.15, 0.2) is 0 Å². The van der Waals surface area contributed by atoms with Gasteiger partial charge in [-0.2, -0.15) is 0 Å². The van der Waals surface area contributed by atoms with Gasteiger partial charge in [0, 0.05) is 0 Å². The van der Waals surface area contributed by atoms with Crippen LogP contribution in [-0.4, -0.2) is 53.0 Å². The maximum atomic E-state index is 11.9. The lowest BCUT2D eigenvalue weighted by molar-refractivity contribution is 0.0209. The fraction of sp³-hybridized carbons (Fsp3) is 0.909. The van der Waals surface area contributed by atoms with Crippen molar-refractivity contribution in [1.29, 1.82) is 0 Å². The Balaban J connectivity index is 2.02. The number of hydrogen-bond acceptors (Lipinski definition) is 4. The molecule has 5 nitrogen and oxygen atoms in total. The number of aliphatic hydroxyl groups is 1. The van der Waals surface area contributed by atoms with Crippen LogP contribution in [0.3, 0.4) is 0 Å². The van der Waals surface area contributed by atoms with E-state index in [0.717, 1.165) is 13.0 Å². The summed E-state index contributed by atoms with van der Waals surface area (Å²) >= 11 is 0. The quantitative estimate of drug-likeness (QED) is 0.627. The number of carbonyl (C=O) groups is 1. The van der Waals surface area contributed by atoms with Gasteiger partial charge in [0.05, 0.1) is 24.7 Å². The monoisotopic (exact) mass is 228 g/mol. The summed E-state index contributed by atoms with van der Waals surface area (Å²) in [6, 6.07) is 0.109. The number of ether oxygens (including phenoxy) is 1. The number of likely N-dealkylation sites (tertiary alicyclic amines) is 1. The molecule has 2 rings (SSSR count). The van der Waals surface area contributed by atoms with E-state index in [1.807, 2.05) is 20.8 Å². The van der Waals surface area contributed by atoms with E-state index in [0.29, 0.717) is 6.54 Å². The average Bonchev–Trinajstić information content (AvgIpc) is 2.66. The molecule has 0 radical (unpaired) electrons. The zero-order chi connectivity index (χ0) is 11.9. The van der Waals surface area contributed by atoms with Gasteiger partial charge in [0.25, 0.3) is 0 Å². The van der Waals surface area contributed by atoms with E-state index in [4.69, 9.17) is 4.74 Å². The fourth-order valence-electron chi connectivity index (χ4n) is 2.44. The van der Waals surface area contributed by atoms with Crippen molar-refractivity contribution in [3.8, 4) is 0 Å². The third kappa shape index (κ3) is 2.15. The lowest BCUT2D eigenvalue weighted by atomic mass is 10.1. The summed E-state index contributed by atoms with van der Waals surface area (Å²) < 4.78 is 5.33. The maximum absolute atomic E-state index is 11.9. The van der Waals surface area contributed by atoms with Crippen LogP contribution in [0, 0.1) is 0 Å². The molecule has 3 atom stereocenters. The van der Waals surface area contributed by atoms with Crippen LogP contribution in [0.1, 0.15) is 27.2 Å². The maximum Gasteiger partial charge on any atom is 0.410 e. The Morgan fingerprint density at radius 3 is 2.81 bits per heavy atom. The molecule has 2 heterocycles. The molecule has 0 spiro atoms. The third-order valence-electron chi connectivity index (χ3n) is 3.06. The minimum absolute atomic E-state index is 0.0209. The first-order valence-electron chi connectivity index (χ1n) is 5.79. The minimum Gasteiger partial charge on any atom is -0.444 e. The van der Waals surface area contributed by atoms with E-state index in [2.05, 4.69) is 5.32 Å². The van der Waals surface area contributed by atoms with Gasteiger partial charge in [-0.05, 0) is 33.7 Å². The number of amides is 1. The highest BCUT2D eigenvalue weighted by atomic mass is 16.6. The van der Waals surface area contributed by atoms with Gasteiger partial charge in [-0.15, -0.1) is 0 Å². The number of β-amino-alcohol motifs (C(OH)–C–C–N with tert-alkyl or cyclic N) is 1. The molecule has 2 aliphatic rings. The number of rotatable bonds is 0. The molecule has 2 saturated heterocycles. The Labute approximate surface area is 95.8 Å². The van der Waals surface area contributed by atoms with E-state index in [1.54, 1.807) is 4.90 Å². The molecule has 2 N–H and O–H groups in total. The second-order valence-electron chi connectivity index (χ2n) is 5.54. The Bertz CT molecular complexity index is 287. The van der Waals surface area contributed by atoms with Gasteiger partial charge in [-0.25, -0.2) is 4.79 Å². The number of hydrogen-bond donors (Lipinski definition) is 2. The topological polar surface area (TPSA) is 61.8 Å². The second kappa shape index (κ2) is 3.89. The normalized spacial score (nSPS) is 34.0. The van der Waals surface area contributed by atoms with Gasteiger partial charge in [-0.1, -0.05) is 0 Å². The van der Waals surface area contributed by atoms with Gasteiger partial charge >= 0.3 is 6.09 Å². The minimum atomic E-state index is -0.480. The largest absolute Gasteiger partial charge is 0.444 e. The molecule has 5 heteroatoms. The Hall–Kier alpha value is -0.810. The lowest BCUT2D eigenvalue weighted by Gasteiger charge is -2.27. The van der Waals surface area contributed by atoms with E-state index in [-0.39, 0.29) is 18.2 Å². The summed E-state index contributed by atoms with van der Waals surface area (Å²) in [5.74, 6) is 0. The number of carbonyl (C=O) groups excluding carboxylic acids is 1. The van der Waals surface area contributed by atoms with Crippen molar-refractivity contribution in [3.63, 3.8) is 0 Å².